The number of rotatable bonds is 4. The average molecular weight is 265 g/mol. The number of H-pyrrole nitrogens is 1. The second-order valence-electron chi connectivity index (χ2n) is 4.46. The SMILES string of the molecule is COc1ccccc1Cc1nc(-c2ccccc2)n[nH]1. The van der Waals surface area contributed by atoms with Gasteiger partial charge in [-0.1, -0.05) is 48.5 Å². The van der Waals surface area contributed by atoms with Crippen LogP contribution in [0.1, 0.15) is 11.4 Å². The van der Waals surface area contributed by atoms with Crippen LogP contribution in [0.15, 0.2) is 54.6 Å². The van der Waals surface area contributed by atoms with Crippen molar-refractivity contribution in [1.29, 1.82) is 0 Å². The van der Waals surface area contributed by atoms with E-state index in [9.17, 15) is 0 Å². The Morgan fingerprint density at radius 2 is 1.75 bits per heavy atom. The minimum Gasteiger partial charge on any atom is -0.496 e. The fourth-order valence-electron chi connectivity index (χ4n) is 2.12. The van der Waals surface area contributed by atoms with Gasteiger partial charge >= 0.3 is 0 Å². The van der Waals surface area contributed by atoms with Crippen LogP contribution in [0, 0.1) is 0 Å². The number of ether oxygens (including phenoxy) is 1. The maximum atomic E-state index is 5.35. The summed E-state index contributed by atoms with van der Waals surface area (Å²) in [5.41, 5.74) is 2.10. The standard InChI is InChI=1S/C16H15N3O/c1-20-14-10-6-5-9-13(14)11-15-17-16(19-18-15)12-7-3-2-4-8-12/h2-10H,11H2,1H3,(H,17,18,19). The van der Waals surface area contributed by atoms with E-state index in [2.05, 4.69) is 15.2 Å². The Kier molecular flexibility index (Phi) is 3.46. The highest BCUT2D eigenvalue weighted by atomic mass is 16.5. The molecular formula is C16H15N3O. The molecule has 4 nitrogen and oxygen atoms in total. The summed E-state index contributed by atoms with van der Waals surface area (Å²) in [4.78, 5) is 4.53. The Balaban J connectivity index is 1.84. The van der Waals surface area contributed by atoms with E-state index in [0.717, 1.165) is 28.5 Å². The lowest BCUT2D eigenvalue weighted by molar-refractivity contribution is 0.410. The normalized spacial score (nSPS) is 10.4. The van der Waals surface area contributed by atoms with Gasteiger partial charge in [0, 0.05) is 17.5 Å². The highest BCUT2D eigenvalue weighted by Crippen LogP contribution is 2.20. The number of benzene rings is 2. The van der Waals surface area contributed by atoms with Gasteiger partial charge in [0.1, 0.15) is 11.6 Å². The van der Waals surface area contributed by atoms with Crippen molar-refractivity contribution in [3.05, 3.63) is 66.0 Å². The molecule has 0 radical (unpaired) electrons. The van der Waals surface area contributed by atoms with Crippen molar-refractivity contribution < 1.29 is 4.74 Å². The molecule has 0 fully saturated rings. The van der Waals surface area contributed by atoms with E-state index in [1.165, 1.54) is 0 Å². The van der Waals surface area contributed by atoms with Gasteiger partial charge in [0.15, 0.2) is 5.82 Å². The number of nitrogens with zero attached hydrogens (tertiary/aromatic N) is 2. The molecule has 0 saturated carbocycles. The maximum absolute atomic E-state index is 5.35. The third-order valence-electron chi connectivity index (χ3n) is 3.11. The lowest BCUT2D eigenvalue weighted by atomic mass is 10.1. The van der Waals surface area contributed by atoms with E-state index in [1.54, 1.807) is 7.11 Å². The first-order valence-corrected chi connectivity index (χ1v) is 6.45. The van der Waals surface area contributed by atoms with Gasteiger partial charge in [0.2, 0.25) is 0 Å². The summed E-state index contributed by atoms with van der Waals surface area (Å²) in [7, 11) is 1.68. The van der Waals surface area contributed by atoms with Crippen molar-refractivity contribution in [2.45, 2.75) is 6.42 Å². The van der Waals surface area contributed by atoms with Crippen LogP contribution in [0.25, 0.3) is 11.4 Å². The minimum absolute atomic E-state index is 0.670. The van der Waals surface area contributed by atoms with E-state index >= 15 is 0 Å². The van der Waals surface area contributed by atoms with Gasteiger partial charge in [-0.15, -0.1) is 0 Å². The van der Waals surface area contributed by atoms with Crippen LogP contribution in [-0.4, -0.2) is 22.3 Å². The summed E-state index contributed by atoms with van der Waals surface area (Å²) in [5.74, 6) is 2.41. The van der Waals surface area contributed by atoms with Crippen LogP contribution in [-0.2, 0) is 6.42 Å². The van der Waals surface area contributed by atoms with Gasteiger partial charge in [0.25, 0.3) is 0 Å². The largest absolute Gasteiger partial charge is 0.496 e. The summed E-state index contributed by atoms with van der Waals surface area (Å²) >= 11 is 0. The summed E-state index contributed by atoms with van der Waals surface area (Å²) in [6.45, 7) is 0. The highest BCUT2D eigenvalue weighted by Gasteiger charge is 2.08. The van der Waals surface area contributed by atoms with E-state index in [-0.39, 0.29) is 0 Å². The predicted molar refractivity (Wildman–Crippen MR) is 77.6 cm³/mol. The fraction of sp³-hybridized carbons (Fsp3) is 0.125. The molecule has 100 valence electrons. The highest BCUT2D eigenvalue weighted by molar-refractivity contribution is 5.54. The molecule has 0 saturated heterocycles. The van der Waals surface area contributed by atoms with Gasteiger partial charge in [-0.3, -0.25) is 5.10 Å². The van der Waals surface area contributed by atoms with E-state index in [0.29, 0.717) is 6.42 Å². The summed E-state index contributed by atoms with van der Waals surface area (Å²) in [5, 5.41) is 7.25. The predicted octanol–water partition coefficient (Wildman–Crippen LogP) is 3.07. The van der Waals surface area contributed by atoms with Crippen molar-refractivity contribution in [2.24, 2.45) is 0 Å². The molecule has 0 aliphatic heterocycles. The monoisotopic (exact) mass is 265 g/mol. The van der Waals surface area contributed by atoms with Crippen LogP contribution in [0.3, 0.4) is 0 Å². The zero-order chi connectivity index (χ0) is 13.8. The fourth-order valence-corrected chi connectivity index (χ4v) is 2.12. The second-order valence-corrected chi connectivity index (χ2v) is 4.46. The number of hydrogen-bond donors (Lipinski definition) is 1. The molecule has 0 aliphatic carbocycles. The Bertz CT molecular complexity index is 692. The Morgan fingerprint density at radius 3 is 2.55 bits per heavy atom. The average Bonchev–Trinajstić information content (AvgIpc) is 2.97. The smallest absolute Gasteiger partial charge is 0.181 e. The molecule has 4 heteroatoms. The Labute approximate surface area is 117 Å². The molecule has 0 unspecified atom stereocenters. The molecule has 0 amide bonds. The van der Waals surface area contributed by atoms with Crippen LogP contribution in [0.2, 0.25) is 0 Å². The number of aromatic nitrogens is 3. The quantitative estimate of drug-likeness (QED) is 0.788. The molecule has 1 aromatic heterocycles. The first kappa shape index (κ1) is 12.4. The number of nitrogens with one attached hydrogen (secondary N) is 1. The molecule has 2 aromatic carbocycles. The lowest BCUT2D eigenvalue weighted by Crippen LogP contribution is -1.95. The van der Waals surface area contributed by atoms with Gasteiger partial charge in [0.05, 0.1) is 7.11 Å². The molecular weight excluding hydrogens is 250 g/mol. The summed E-state index contributed by atoms with van der Waals surface area (Å²) < 4.78 is 5.35. The third kappa shape index (κ3) is 2.54. The van der Waals surface area contributed by atoms with E-state index in [1.807, 2.05) is 54.6 Å². The first-order valence-electron chi connectivity index (χ1n) is 6.45. The van der Waals surface area contributed by atoms with Gasteiger partial charge in [-0.2, -0.15) is 5.10 Å². The van der Waals surface area contributed by atoms with Crippen molar-refractivity contribution in [1.82, 2.24) is 15.2 Å². The van der Waals surface area contributed by atoms with Crippen molar-refractivity contribution in [3.8, 4) is 17.1 Å². The number of aromatic amines is 1. The molecule has 0 atom stereocenters. The maximum Gasteiger partial charge on any atom is 0.181 e. The first-order chi connectivity index (χ1) is 9.86. The topological polar surface area (TPSA) is 50.8 Å². The Hall–Kier alpha value is -2.62. The van der Waals surface area contributed by atoms with Crippen LogP contribution < -0.4 is 4.74 Å². The van der Waals surface area contributed by atoms with Crippen LogP contribution >= 0.6 is 0 Å². The summed E-state index contributed by atoms with van der Waals surface area (Å²) in [6, 6.07) is 17.9. The molecule has 0 aliphatic rings. The second kappa shape index (κ2) is 5.57. The molecule has 1 N–H and O–H groups in total. The molecule has 3 aromatic rings. The van der Waals surface area contributed by atoms with E-state index < -0.39 is 0 Å². The molecule has 20 heavy (non-hydrogen) atoms. The lowest BCUT2D eigenvalue weighted by Gasteiger charge is -2.05. The van der Waals surface area contributed by atoms with Crippen molar-refractivity contribution in [3.63, 3.8) is 0 Å². The zero-order valence-electron chi connectivity index (χ0n) is 11.2. The number of hydrogen-bond acceptors (Lipinski definition) is 3. The van der Waals surface area contributed by atoms with Crippen LogP contribution in [0.5, 0.6) is 5.75 Å². The Morgan fingerprint density at radius 1 is 1.00 bits per heavy atom. The van der Waals surface area contributed by atoms with Crippen molar-refractivity contribution >= 4 is 0 Å². The van der Waals surface area contributed by atoms with Gasteiger partial charge < -0.3 is 4.74 Å². The molecule has 1 heterocycles. The number of para-hydroxylation sites is 1. The summed E-state index contributed by atoms with van der Waals surface area (Å²) in [6.07, 6.45) is 0.670. The van der Waals surface area contributed by atoms with E-state index in [4.69, 9.17) is 4.74 Å². The molecule has 0 spiro atoms. The van der Waals surface area contributed by atoms with Gasteiger partial charge in [-0.05, 0) is 6.07 Å². The van der Waals surface area contributed by atoms with Crippen LogP contribution in [0.4, 0.5) is 0 Å². The number of methoxy groups -OCH3 is 1. The van der Waals surface area contributed by atoms with Crippen molar-refractivity contribution in [2.75, 3.05) is 7.11 Å². The third-order valence-corrected chi connectivity index (χ3v) is 3.11. The molecule has 0 bridgehead atoms. The molecule has 3 rings (SSSR count). The minimum atomic E-state index is 0.670. The zero-order valence-corrected chi connectivity index (χ0v) is 11.2. The van der Waals surface area contributed by atoms with Gasteiger partial charge in [-0.25, -0.2) is 4.98 Å².